The minimum Gasteiger partial charge on any atom is -0.215 e. The van der Waals surface area contributed by atoms with Crippen molar-refractivity contribution >= 4 is 10.0 Å². The van der Waals surface area contributed by atoms with Crippen molar-refractivity contribution < 1.29 is 17.2 Å². The third-order valence-corrected chi connectivity index (χ3v) is 3.74. The summed E-state index contributed by atoms with van der Waals surface area (Å²) in [6.45, 7) is 3.52. The first-order valence-corrected chi connectivity index (χ1v) is 7.12. The lowest BCUT2D eigenvalue weighted by molar-refractivity contribution is 0.565. The first-order chi connectivity index (χ1) is 8.44. The highest BCUT2D eigenvalue weighted by molar-refractivity contribution is 7.89. The van der Waals surface area contributed by atoms with Gasteiger partial charge in [0.15, 0.2) is 0 Å². The zero-order chi connectivity index (χ0) is 13.6. The maximum absolute atomic E-state index is 13.2. The van der Waals surface area contributed by atoms with Crippen molar-refractivity contribution in [3.63, 3.8) is 0 Å². The number of benzene rings is 1. The van der Waals surface area contributed by atoms with E-state index in [0.29, 0.717) is 6.42 Å². The fourth-order valence-electron chi connectivity index (χ4n) is 1.38. The number of nitrogens with one attached hydrogen (secondary N) is 1. The Kier molecular flexibility index (Phi) is 5.43. The summed E-state index contributed by atoms with van der Waals surface area (Å²) in [7, 11) is -3.35. The van der Waals surface area contributed by atoms with Gasteiger partial charge in [-0.15, -0.1) is 6.58 Å². The van der Waals surface area contributed by atoms with Gasteiger partial charge in [-0.1, -0.05) is 12.1 Å². The van der Waals surface area contributed by atoms with E-state index in [4.69, 9.17) is 0 Å². The van der Waals surface area contributed by atoms with Gasteiger partial charge in [-0.25, -0.2) is 21.9 Å². The van der Waals surface area contributed by atoms with Gasteiger partial charge in [0.25, 0.3) is 0 Å². The zero-order valence-corrected chi connectivity index (χ0v) is 10.6. The van der Waals surface area contributed by atoms with Gasteiger partial charge in [-0.2, -0.15) is 0 Å². The van der Waals surface area contributed by atoms with Crippen LogP contribution >= 0.6 is 0 Å². The largest absolute Gasteiger partial charge is 0.215 e. The number of rotatable bonds is 7. The fraction of sp³-hybridized carbons (Fsp3) is 0.333. The van der Waals surface area contributed by atoms with Crippen LogP contribution in [0.5, 0.6) is 0 Å². The second-order valence-electron chi connectivity index (χ2n) is 3.78. The third kappa shape index (κ3) is 4.93. The molecule has 0 atom stereocenters. The van der Waals surface area contributed by atoms with Gasteiger partial charge in [0.2, 0.25) is 10.0 Å². The van der Waals surface area contributed by atoms with Crippen molar-refractivity contribution in [3.8, 4) is 0 Å². The topological polar surface area (TPSA) is 46.2 Å². The first kappa shape index (κ1) is 14.8. The molecule has 0 aliphatic carbocycles. The van der Waals surface area contributed by atoms with Crippen LogP contribution < -0.4 is 4.72 Å². The molecular formula is C12H15F2NO2S. The summed E-state index contributed by atoms with van der Waals surface area (Å²) in [5, 5.41) is 0. The normalized spacial score (nSPS) is 11.4. The van der Waals surface area contributed by atoms with Crippen molar-refractivity contribution in [2.24, 2.45) is 0 Å². The summed E-state index contributed by atoms with van der Waals surface area (Å²) in [5.41, 5.74) is 0.280. The molecule has 0 aliphatic heterocycles. The molecule has 0 saturated heterocycles. The fourth-order valence-corrected chi connectivity index (χ4v) is 2.41. The molecule has 1 aromatic rings. The molecule has 3 nitrogen and oxygen atoms in total. The minimum absolute atomic E-state index is 0.0393. The standard InChI is InChI=1S/C12H15F2NO2S/c1-2-3-8-18(16,17)15-7-6-10-4-5-11(13)9-12(10)14/h2,4-5,9,15H,1,3,6-8H2. The van der Waals surface area contributed by atoms with Crippen LogP contribution in [0.4, 0.5) is 8.78 Å². The lowest BCUT2D eigenvalue weighted by atomic mass is 10.1. The van der Waals surface area contributed by atoms with Crippen molar-refractivity contribution in [1.29, 1.82) is 0 Å². The van der Waals surface area contributed by atoms with Crippen molar-refractivity contribution in [3.05, 3.63) is 48.1 Å². The Morgan fingerprint density at radius 2 is 2.06 bits per heavy atom. The first-order valence-electron chi connectivity index (χ1n) is 5.47. The molecule has 0 amide bonds. The van der Waals surface area contributed by atoms with E-state index in [0.717, 1.165) is 12.1 Å². The molecule has 0 aliphatic rings. The Morgan fingerprint density at radius 3 is 2.67 bits per heavy atom. The van der Waals surface area contributed by atoms with Crippen molar-refractivity contribution in [2.75, 3.05) is 12.3 Å². The van der Waals surface area contributed by atoms with Crippen molar-refractivity contribution in [1.82, 2.24) is 4.72 Å². The predicted molar refractivity (Wildman–Crippen MR) is 66.7 cm³/mol. The summed E-state index contributed by atoms with van der Waals surface area (Å²) in [6, 6.07) is 3.23. The monoisotopic (exact) mass is 275 g/mol. The second-order valence-corrected chi connectivity index (χ2v) is 5.70. The molecule has 100 valence electrons. The van der Waals surface area contributed by atoms with Crippen LogP contribution in [0.3, 0.4) is 0 Å². The van der Waals surface area contributed by atoms with Crippen LogP contribution in [-0.2, 0) is 16.4 Å². The summed E-state index contributed by atoms with van der Waals surface area (Å²) in [4.78, 5) is 0. The molecule has 0 unspecified atom stereocenters. The van der Waals surface area contributed by atoms with Gasteiger partial charge in [0, 0.05) is 12.6 Å². The number of allylic oxidation sites excluding steroid dienone is 1. The van der Waals surface area contributed by atoms with E-state index >= 15 is 0 Å². The third-order valence-electron chi connectivity index (χ3n) is 2.32. The molecule has 0 bridgehead atoms. The molecule has 6 heteroatoms. The van der Waals surface area contributed by atoms with Crippen LogP contribution in [0.1, 0.15) is 12.0 Å². The highest BCUT2D eigenvalue weighted by Crippen LogP contribution is 2.09. The van der Waals surface area contributed by atoms with Gasteiger partial charge < -0.3 is 0 Å². The Morgan fingerprint density at radius 1 is 1.33 bits per heavy atom. The maximum Gasteiger partial charge on any atom is 0.211 e. The lowest BCUT2D eigenvalue weighted by Crippen LogP contribution is -2.28. The van der Waals surface area contributed by atoms with Crippen molar-refractivity contribution in [2.45, 2.75) is 12.8 Å². The SMILES string of the molecule is C=CCCS(=O)(=O)NCCc1ccc(F)cc1F. The van der Waals surface area contributed by atoms with Gasteiger partial charge >= 0.3 is 0 Å². The Bertz CT molecular complexity index is 515. The van der Waals surface area contributed by atoms with E-state index in [1.165, 1.54) is 12.1 Å². The van der Waals surface area contributed by atoms with Crippen LogP contribution in [-0.4, -0.2) is 20.7 Å². The molecule has 1 aromatic carbocycles. The van der Waals surface area contributed by atoms with Gasteiger partial charge in [-0.05, 0) is 24.5 Å². The van der Waals surface area contributed by atoms with E-state index in [-0.39, 0.29) is 24.3 Å². The molecule has 0 fully saturated rings. The minimum atomic E-state index is -3.35. The summed E-state index contributed by atoms with van der Waals surface area (Å²) >= 11 is 0. The molecular weight excluding hydrogens is 260 g/mol. The number of sulfonamides is 1. The lowest BCUT2D eigenvalue weighted by Gasteiger charge is -2.06. The Balaban J connectivity index is 2.49. The summed E-state index contributed by atoms with van der Waals surface area (Å²) in [6.07, 6.45) is 2.05. The molecule has 0 spiro atoms. The molecule has 0 heterocycles. The van der Waals surface area contributed by atoms with Gasteiger partial charge in [0.05, 0.1) is 5.75 Å². The number of hydrogen-bond acceptors (Lipinski definition) is 2. The molecule has 0 radical (unpaired) electrons. The van der Waals surface area contributed by atoms with E-state index in [1.807, 2.05) is 0 Å². The average Bonchev–Trinajstić information content (AvgIpc) is 2.29. The quantitative estimate of drug-likeness (QED) is 0.774. The summed E-state index contributed by atoms with van der Waals surface area (Å²) < 4.78 is 51.0. The highest BCUT2D eigenvalue weighted by atomic mass is 32.2. The average molecular weight is 275 g/mol. The number of halogens is 2. The Labute approximate surface area is 106 Å². The molecule has 1 rings (SSSR count). The van der Waals surface area contributed by atoms with E-state index < -0.39 is 21.7 Å². The summed E-state index contributed by atoms with van der Waals surface area (Å²) in [5.74, 6) is -1.36. The highest BCUT2D eigenvalue weighted by Gasteiger charge is 2.09. The molecule has 18 heavy (non-hydrogen) atoms. The van der Waals surface area contributed by atoms with Crippen LogP contribution in [0.25, 0.3) is 0 Å². The molecule has 1 N–H and O–H groups in total. The van der Waals surface area contributed by atoms with E-state index in [1.54, 1.807) is 0 Å². The van der Waals surface area contributed by atoms with Crippen LogP contribution in [0.2, 0.25) is 0 Å². The van der Waals surface area contributed by atoms with E-state index in [2.05, 4.69) is 11.3 Å². The number of hydrogen-bond donors (Lipinski definition) is 1. The van der Waals surface area contributed by atoms with E-state index in [9.17, 15) is 17.2 Å². The van der Waals surface area contributed by atoms with Gasteiger partial charge in [-0.3, -0.25) is 0 Å². The molecule has 0 saturated carbocycles. The molecule has 0 aromatic heterocycles. The van der Waals surface area contributed by atoms with Crippen LogP contribution in [0, 0.1) is 11.6 Å². The predicted octanol–water partition coefficient (Wildman–Crippen LogP) is 2.00. The maximum atomic E-state index is 13.2. The second kappa shape index (κ2) is 6.61. The zero-order valence-electron chi connectivity index (χ0n) is 9.83. The van der Waals surface area contributed by atoms with Gasteiger partial charge in [0.1, 0.15) is 11.6 Å². The Hall–Kier alpha value is -1.27. The van der Waals surface area contributed by atoms with Crippen LogP contribution in [0.15, 0.2) is 30.9 Å². The smallest absolute Gasteiger partial charge is 0.211 e.